The van der Waals surface area contributed by atoms with Gasteiger partial charge < -0.3 is 10.2 Å². The Labute approximate surface area is 194 Å². The van der Waals surface area contributed by atoms with Gasteiger partial charge in [-0.15, -0.1) is 11.8 Å². The lowest BCUT2D eigenvalue weighted by Gasteiger charge is -2.33. The molecular formula is C25H21F2N3O2S. The summed E-state index contributed by atoms with van der Waals surface area (Å²) in [6.07, 6.45) is 0. The molecule has 2 aliphatic heterocycles. The van der Waals surface area contributed by atoms with E-state index in [2.05, 4.69) is 5.32 Å². The summed E-state index contributed by atoms with van der Waals surface area (Å²) in [5.41, 5.74) is 2.58. The van der Waals surface area contributed by atoms with Crippen LogP contribution in [0, 0.1) is 18.6 Å². The molecule has 168 valence electrons. The molecular weight excluding hydrogens is 444 g/mol. The average molecular weight is 466 g/mol. The van der Waals surface area contributed by atoms with Crippen LogP contribution in [-0.2, 0) is 16.2 Å². The molecule has 0 unspecified atom stereocenters. The van der Waals surface area contributed by atoms with Crippen LogP contribution in [0.2, 0.25) is 0 Å². The van der Waals surface area contributed by atoms with Crippen LogP contribution in [0.4, 0.5) is 25.0 Å². The van der Waals surface area contributed by atoms with Gasteiger partial charge in [-0.1, -0.05) is 42.0 Å². The number of anilines is 2. The number of fused-ring (bicyclic) bond motifs is 2. The zero-order valence-corrected chi connectivity index (χ0v) is 18.7. The molecule has 1 atom stereocenters. The van der Waals surface area contributed by atoms with Crippen molar-refractivity contribution in [1.29, 1.82) is 0 Å². The van der Waals surface area contributed by atoms with Crippen molar-refractivity contribution in [2.45, 2.75) is 18.3 Å². The Bertz CT molecular complexity index is 1230. The monoisotopic (exact) mass is 465 g/mol. The standard InChI is InChI=1S/C25H21F2N3O2S/c1-16-10-11-22-19(14-16)25(23(31)29(22)15-18-20(26)8-5-9-21(18)27)30(12-13-33-25)24(32)28-17-6-3-2-4-7-17/h2-11,14H,12-13,15H2,1H3,(H,28,32)/t25-/m0/s1. The van der Waals surface area contributed by atoms with Crippen LogP contribution in [0.3, 0.4) is 0 Å². The van der Waals surface area contributed by atoms with Crippen LogP contribution in [0.15, 0.2) is 66.7 Å². The zero-order valence-electron chi connectivity index (χ0n) is 17.8. The van der Waals surface area contributed by atoms with Crippen LogP contribution in [0.5, 0.6) is 0 Å². The second kappa shape index (κ2) is 8.19. The van der Waals surface area contributed by atoms with Crippen LogP contribution >= 0.6 is 11.8 Å². The lowest BCUT2D eigenvalue weighted by Crippen LogP contribution is -2.51. The number of hydrogen-bond donors (Lipinski definition) is 1. The van der Waals surface area contributed by atoms with Crippen molar-refractivity contribution < 1.29 is 18.4 Å². The molecule has 3 amide bonds. The summed E-state index contributed by atoms with van der Waals surface area (Å²) in [6.45, 7) is 2.01. The molecule has 1 spiro atoms. The highest BCUT2D eigenvalue weighted by atomic mass is 32.2. The summed E-state index contributed by atoms with van der Waals surface area (Å²) in [5.74, 6) is -1.25. The van der Waals surface area contributed by atoms with E-state index in [4.69, 9.17) is 0 Å². The number of amides is 3. The lowest BCUT2D eigenvalue weighted by atomic mass is 10.0. The fourth-order valence-corrected chi connectivity index (χ4v) is 5.89. The van der Waals surface area contributed by atoms with E-state index in [1.807, 2.05) is 37.3 Å². The number of hydrogen-bond acceptors (Lipinski definition) is 3. The number of halogens is 2. The quantitative estimate of drug-likeness (QED) is 0.575. The number of thioether (sulfide) groups is 1. The van der Waals surface area contributed by atoms with Crippen molar-refractivity contribution in [3.05, 3.63) is 95.1 Å². The number of carbonyl (C=O) groups is 2. The molecule has 5 rings (SSSR count). The fraction of sp³-hybridized carbons (Fsp3) is 0.200. The molecule has 8 heteroatoms. The molecule has 1 N–H and O–H groups in total. The van der Waals surface area contributed by atoms with Gasteiger partial charge in [-0.05, 0) is 37.3 Å². The second-order valence-electron chi connectivity index (χ2n) is 8.05. The molecule has 0 radical (unpaired) electrons. The highest BCUT2D eigenvalue weighted by Crippen LogP contribution is 2.54. The molecule has 1 fully saturated rings. The maximum absolute atomic E-state index is 14.4. The van der Waals surface area contributed by atoms with E-state index < -0.39 is 22.5 Å². The van der Waals surface area contributed by atoms with Crippen LogP contribution in [-0.4, -0.2) is 29.1 Å². The summed E-state index contributed by atoms with van der Waals surface area (Å²) in [6, 6.07) is 17.8. The SMILES string of the molecule is Cc1ccc2c(c1)[C@]1(SCCN1C(=O)Nc1ccccc1)C(=O)N2Cc1c(F)cccc1F. The van der Waals surface area contributed by atoms with Gasteiger partial charge >= 0.3 is 6.03 Å². The van der Waals surface area contributed by atoms with Crippen LogP contribution in [0.25, 0.3) is 0 Å². The molecule has 5 nitrogen and oxygen atoms in total. The largest absolute Gasteiger partial charge is 0.323 e. The summed E-state index contributed by atoms with van der Waals surface area (Å²) >= 11 is 1.37. The van der Waals surface area contributed by atoms with Crippen molar-refractivity contribution in [1.82, 2.24) is 4.90 Å². The minimum atomic E-state index is -1.29. The first-order chi connectivity index (χ1) is 15.9. The maximum Gasteiger partial charge on any atom is 0.323 e. The zero-order chi connectivity index (χ0) is 23.2. The molecule has 33 heavy (non-hydrogen) atoms. The molecule has 1 saturated heterocycles. The molecule has 0 bridgehead atoms. The van der Waals surface area contributed by atoms with E-state index in [0.29, 0.717) is 29.2 Å². The number of para-hydroxylation sites is 1. The minimum Gasteiger partial charge on any atom is -0.308 e. The van der Waals surface area contributed by atoms with Gasteiger partial charge in [0.05, 0.1) is 12.2 Å². The normalized spacial score (nSPS) is 19.3. The Morgan fingerprint density at radius 3 is 2.52 bits per heavy atom. The van der Waals surface area contributed by atoms with Crippen molar-refractivity contribution in [3.8, 4) is 0 Å². The molecule has 2 heterocycles. The number of urea groups is 1. The first-order valence-electron chi connectivity index (χ1n) is 10.6. The van der Waals surface area contributed by atoms with E-state index >= 15 is 0 Å². The molecule has 0 aromatic heterocycles. The van der Waals surface area contributed by atoms with Gasteiger partial charge in [-0.25, -0.2) is 13.6 Å². The number of nitrogens with one attached hydrogen (secondary N) is 1. The van der Waals surface area contributed by atoms with Gasteiger partial charge in [0, 0.05) is 29.1 Å². The smallest absolute Gasteiger partial charge is 0.308 e. The Balaban J connectivity index is 1.57. The van der Waals surface area contributed by atoms with Crippen molar-refractivity contribution in [2.24, 2.45) is 0 Å². The molecule has 0 aliphatic carbocycles. The van der Waals surface area contributed by atoms with Crippen LogP contribution < -0.4 is 10.2 Å². The predicted molar refractivity (Wildman–Crippen MR) is 125 cm³/mol. The Morgan fingerprint density at radius 1 is 1.06 bits per heavy atom. The van der Waals surface area contributed by atoms with Crippen molar-refractivity contribution in [3.63, 3.8) is 0 Å². The summed E-state index contributed by atoms with van der Waals surface area (Å²) in [4.78, 5) is 28.9. The lowest BCUT2D eigenvalue weighted by molar-refractivity contribution is -0.123. The second-order valence-corrected chi connectivity index (χ2v) is 9.34. The number of benzene rings is 3. The van der Waals surface area contributed by atoms with Gasteiger partial charge in [-0.2, -0.15) is 0 Å². The van der Waals surface area contributed by atoms with Gasteiger partial charge in [0.15, 0.2) is 4.87 Å². The maximum atomic E-state index is 14.4. The highest BCUT2D eigenvalue weighted by molar-refractivity contribution is 8.01. The third-order valence-corrected chi connectivity index (χ3v) is 7.42. The first kappa shape index (κ1) is 21.5. The number of carbonyl (C=O) groups excluding carboxylic acids is 2. The van der Waals surface area contributed by atoms with Gasteiger partial charge in [0.1, 0.15) is 11.6 Å². The molecule has 2 aliphatic rings. The van der Waals surface area contributed by atoms with Gasteiger partial charge in [0.2, 0.25) is 0 Å². The summed E-state index contributed by atoms with van der Waals surface area (Å²) < 4.78 is 28.9. The number of rotatable bonds is 3. The van der Waals surface area contributed by atoms with E-state index in [9.17, 15) is 18.4 Å². The topological polar surface area (TPSA) is 52.7 Å². The van der Waals surface area contributed by atoms with Gasteiger partial charge in [-0.3, -0.25) is 9.69 Å². The van der Waals surface area contributed by atoms with E-state index in [1.165, 1.54) is 39.8 Å². The number of nitrogens with zero attached hydrogens (tertiary/aromatic N) is 2. The fourth-order valence-electron chi connectivity index (χ4n) is 4.44. The Kier molecular flexibility index (Phi) is 5.32. The van der Waals surface area contributed by atoms with E-state index in [-0.39, 0.29) is 18.0 Å². The Hall–Kier alpha value is -3.39. The van der Waals surface area contributed by atoms with E-state index in [0.717, 1.165) is 5.56 Å². The molecule has 3 aromatic carbocycles. The minimum absolute atomic E-state index is 0.183. The van der Waals surface area contributed by atoms with Gasteiger partial charge in [0.25, 0.3) is 5.91 Å². The number of aryl methyl sites for hydroxylation is 1. The third-order valence-electron chi connectivity index (χ3n) is 6.00. The van der Waals surface area contributed by atoms with Crippen molar-refractivity contribution in [2.75, 3.05) is 22.5 Å². The van der Waals surface area contributed by atoms with Crippen molar-refractivity contribution >= 4 is 35.1 Å². The summed E-state index contributed by atoms with van der Waals surface area (Å²) in [5, 5.41) is 2.87. The highest BCUT2D eigenvalue weighted by Gasteiger charge is 2.59. The third kappa shape index (κ3) is 3.45. The summed E-state index contributed by atoms with van der Waals surface area (Å²) in [7, 11) is 0. The first-order valence-corrected chi connectivity index (χ1v) is 11.5. The predicted octanol–water partition coefficient (Wildman–Crippen LogP) is 5.25. The van der Waals surface area contributed by atoms with E-state index in [1.54, 1.807) is 18.2 Å². The van der Waals surface area contributed by atoms with Crippen LogP contribution in [0.1, 0.15) is 16.7 Å². The average Bonchev–Trinajstić information content (AvgIpc) is 3.34. The molecule has 0 saturated carbocycles. The Morgan fingerprint density at radius 2 is 1.79 bits per heavy atom. The molecule has 3 aromatic rings.